The minimum atomic E-state index is -0.468. The number of aryl methyl sites for hydroxylation is 2. The van der Waals surface area contributed by atoms with Crippen molar-refractivity contribution in [2.24, 2.45) is 0 Å². The Morgan fingerprint density at radius 3 is 2.74 bits per heavy atom. The van der Waals surface area contributed by atoms with Crippen LogP contribution in [0.4, 0.5) is 0 Å². The van der Waals surface area contributed by atoms with E-state index in [1.165, 1.54) is 5.56 Å². The predicted octanol–water partition coefficient (Wildman–Crippen LogP) is 3.16. The molecule has 0 aliphatic carbocycles. The van der Waals surface area contributed by atoms with Crippen LogP contribution in [0.25, 0.3) is 0 Å². The fraction of sp³-hybridized carbons (Fsp3) is 0.533. The van der Waals surface area contributed by atoms with Gasteiger partial charge in [0.05, 0.1) is 6.61 Å². The third-order valence-electron chi connectivity index (χ3n) is 2.96. The molecule has 1 aromatic rings. The van der Waals surface area contributed by atoms with Crippen molar-refractivity contribution >= 4 is 17.5 Å². The van der Waals surface area contributed by atoms with Gasteiger partial charge in [0.1, 0.15) is 11.1 Å². The Labute approximate surface area is 120 Å². The normalized spacial score (nSPS) is 12.1. The molecule has 0 aliphatic rings. The van der Waals surface area contributed by atoms with Gasteiger partial charge in [-0.15, -0.1) is 11.6 Å². The van der Waals surface area contributed by atoms with E-state index >= 15 is 0 Å². The van der Waals surface area contributed by atoms with Crippen LogP contribution in [0.2, 0.25) is 0 Å². The van der Waals surface area contributed by atoms with Crippen LogP contribution in [-0.2, 0) is 4.79 Å². The summed E-state index contributed by atoms with van der Waals surface area (Å²) in [5.41, 5.74) is 2.31. The number of rotatable bonds is 6. The van der Waals surface area contributed by atoms with Crippen molar-refractivity contribution in [3.63, 3.8) is 0 Å². The Morgan fingerprint density at radius 1 is 1.42 bits per heavy atom. The average Bonchev–Trinajstić information content (AvgIpc) is 2.37. The van der Waals surface area contributed by atoms with Gasteiger partial charge in [0, 0.05) is 13.6 Å². The Bertz CT molecular complexity index is 432. The van der Waals surface area contributed by atoms with Crippen LogP contribution in [-0.4, -0.2) is 36.4 Å². The van der Waals surface area contributed by atoms with Crippen molar-refractivity contribution in [1.29, 1.82) is 0 Å². The summed E-state index contributed by atoms with van der Waals surface area (Å²) in [7, 11) is 1.76. The molecule has 106 valence electrons. The molecular weight excluding hydrogens is 262 g/mol. The zero-order valence-electron chi connectivity index (χ0n) is 12.1. The molecule has 1 unspecified atom stereocenters. The van der Waals surface area contributed by atoms with Crippen LogP contribution in [0.5, 0.6) is 5.75 Å². The lowest BCUT2D eigenvalue weighted by Crippen LogP contribution is -2.33. The van der Waals surface area contributed by atoms with Gasteiger partial charge in [0.25, 0.3) is 0 Å². The fourth-order valence-electron chi connectivity index (χ4n) is 1.76. The number of halogens is 1. The molecule has 0 aliphatic heterocycles. The van der Waals surface area contributed by atoms with Crippen molar-refractivity contribution in [2.75, 3.05) is 20.2 Å². The Kier molecular flexibility index (Phi) is 6.16. The minimum absolute atomic E-state index is 0.0478. The van der Waals surface area contributed by atoms with Crippen LogP contribution in [0, 0.1) is 13.8 Å². The summed E-state index contributed by atoms with van der Waals surface area (Å²) in [6, 6.07) is 6.15. The lowest BCUT2D eigenvalue weighted by Gasteiger charge is -2.18. The number of hydrogen-bond donors (Lipinski definition) is 0. The van der Waals surface area contributed by atoms with Crippen LogP contribution < -0.4 is 4.74 Å². The van der Waals surface area contributed by atoms with Gasteiger partial charge in [0.2, 0.25) is 5.91 Å². The molecule has 0 saturated heterocycles. The lowest BCUT2D eigenvalue weighted by molar-refractivity contribution is -0.129. The summed E-state index contributed by atoms with van der Waals surface area (Å²) >= 11 is 5.75. The molecule has 0 fully saturated rings. The third-order valence-corrected chi connectivity index (χ3v) is 3.14. The van der Waals surface area contributed by atoms with E-state index in [1.807, 2.05) is 19.9 Å². The zero-order chi connectivity index (χ0) is 14.4. The molecule has 0 aromatic heterocycles. The maximum Gasteiger partial charge on any atom is 0.240 e. The maximum atomic E-state index is 11.6. The van der Waals surface area contributed by atoms with E-state index in [0.717, 1.165) is 17.7 Å². The first-order valence-electron chi connectivity index (χ1n) is 6.51. The first-order chi connectivity index (χ1) is 8.91. The van der Waals surface area contributed by atoms with E-state index in [9.17, 15) is 4.79 Å². The summed E-state index contributed by atoms with van der Waals surface area (Å²) in [6.07, 6.45) is 0.791. The highest BCUT2D eigenvalue weighted by Crippen LogP contribution is 2.19. The summed E-state index contributed by atoms with van der Waals surface area (Å²) in [5.74, 6) is 0.869. The van der Waals surface area contributed by atoms with Gasteiger partial charge in [-0.25, -0.2) is 0 Å². The predicted molar refractivity (Wildman–Crippen MR) is 79.0 cm³/mol. The van der Waals surface area contributed by atoms with Crippen molar-refractivity contribution in [3.8, 4) is 5.75 Å². The first kappa shape index (κ1) is 15.8. The highest BCUT2D eigenvalue weighted by molar-refractivity contribution is 6.30. The van der Waals surface area contributed by atoms with E-state index in [1.54, 1.807) is 18.9 Å². The van der Waals surface area contributed by atoms with Gasteiger partial charge in [-0.05, 0) is 44.4 Å². The van der Waals surface area contributed by atoms with Gasteiger partial charge >= 0.3 is 0 Å². The highest BCUT2D eigenvalue weighted by atomic mass is 35.5. The number of carbonyl (C=O) groups is 1. The number of ether oxygens (including phenoxy) is 1. The quantitative estimate of drug-likeness (QED) is 0.593. The summed E-state index contributed by atoms with van der Waals surface area (Å²) in [5, 5.41) is -0.468. The standard InChI is InChI=1S/C15H22ClNO2/c1-11-6-7-12(2)14(10-11)19-9-5-8-17(4)15(18)13(3)16/h6-7,10,13H,5,8-9H2,1-4H3. The SMILES string of the molecule is Cc1ccc(C)c(OCCCN(C)C(=O)C(C)Cl)c1. The Hall–Kier alpha value is -1.22. The number of carbonyl (C=O) groups excluding carboxylic acids is 1. The maximum absolute atomic E-state index is 11.6. The second-order valence-electron chi connectivity index (χ2n) is 4.85. The lowest BCUT2D eigenvalue weighted by atomic mass is 10.1. The van der Waals surface area contributed by atoms with E-state index < -0.39 is 5.38 Å². The zero-order valence-corrected chi connectivity index (χ0v) is 12.8. The van der Waals surface area contributed by atoms with Crippen LogP contribution in [0.15, 0.2) is 18.2 Å². The minimum Gasteiger partial charge on any atom is -0.493 e. The van der Waals surface area contributed by atoms with Gasteiger partial charge < -0.3 is 9.64 Å². The fourth-order valence-corrected chi connectivity index (χ4v) is 1.93. The van der Waals surface area contributed by atoms with Crippen LogP contribution in [0.1, 0.15) is 24.5 Å². The number of amides is 1. The van der Waals surface area contributed by atoms with E-state index in [0.29, 0.717) is 13.2 Å². The van der Waals surface area contributed by atoms with Gasteiger partial charge in [-0.3, -0.25) is 4.79 Å². The molecule has 0 saturated carbocycles. The molecule has 0 N–H and O–H groups in total. The number of benzene rings is 1. The number of alkyl halides is 1. The Balaban J connectivity index is 2.35. The van der Waals surface area contributed by atoms with Crippen molar-refractivity contribution < 1.29 is 9.53 Å². The smallest absolute Gasteiger partial charge is 0.240 e. The number of nitrogens with zero attached hydrogens (tertiary/aromatic N) is 1. The summed E-state index contributed by atoms with van der Waals surface area (Å²) in [6.45, 7) is 7.01. The highest BCUT2D eigenvalue weighted by Gasteiger charge is 2.13. The monoisotopic (exact) mass is 283 g/mol. The van der Waals surface area contributed by atoms with Gasteiger partial charge in [-0.2, -0.15) is 0 Å². The molecule has 0 spiro atoms. The molecule has 4 heteroatoms. The molecule has 19 heavy (non-hydrogen) atoms. The second-order valence-corrected chi connectivity index (χ2v) is 5.50. The molecule has 0 bridgehead atoms. The molecule has 1 rings (SSSR count). The summed E-state index contributed by atoms with van der Waals surface area (Å²) in [4.78, 5) is 13.2. The van der Waals surface area contributed by atoms with E-state index in [2.05, 4.69) is 12.1 Å². The third kappa shape index (κ3) is 5.11. The largest absolute Gasteiger partial charge is 0.493 e. The van der Waals surface area contributed by atoms with E-state index in [4.69, 9.17) is 16.3 Å². The van der Waals surface area contributed by atoms with Crippen molar-refractivity contribution in [2.45, 2.75) is 32.6 Å². The molecule has 1 atom stereocenters. The van der Waals surface area contributed by atoms with Crippen molar-refractivity contribution in [1.82, 2.24) is 4.90 Å². The Morgan fingerprint density at radius 2 is 2.11 bits per heavy atom. The van der Waals surface area contributed by atoms with Gasteiger partial charge in [-0.1, -0.05) is 12.1 Å². The topological polar surface area (TPSA) is 29.5 Å². The molecule has 0 radical (unpaired) electrons. The van der Waals surface area contributed by atoms with E-state index in [-0.39, 0.29) is 5.91 Å². The molecule has 3 nitrogen and oxygen atoms in total. The average molecular weight is 284 g/mol. The second kappa shape index (κ2) is 7.39. The van der Waals surface area contributed by atoms with Gasteiger partial charge in [0.15, 0.2) is 0 Å². The molecular formula is C15H22ClNO2. The molecule has 0 heterocycles. The summed E-state index contributed by atoms with van der Waals surface area (Å²) < 4.78 is 5.74. The van der Waals surface area contributed by atoms with Crippen LogP contribution >= 0.6 is 11.6 Å². The molecule has 1 aromatic carbocycles. The van der Waals surface area contributed by atoms with Crippen molar-refractivity contribution in [3.05, 3.63) is 29.3 Å². The molecule has 1 amide bonds. The number of hydrogen-bond acceptors (Lipinski definition) is 2. The first-order valence-corrected chi connectivity index (χ1v) is 6.94. The van der Waals surface area contributed by atoms with Crippen LogP contribution in [0.3, 0.4) is 0 Å².